The van der Waals surface area contributed by atoms with E-state index in [0.717, 1.165) is 0 Å². The zero-order chi connectivity index (χ0) is 17.9. The molecule has 1 aliphatic heterocycles. The Bertz CT molecular complexity index is 709. The number of carbonyl (C=O) groups is 2. The second kappa shape index (κ2) is 7.27. The van der Waals surface area contributed by atoms with Crippen LogP contribution in [0.3, 0.4) is 0 Å². The van der Waals surface area contributed by atoms with Crippen LogP contribution in [0.2, 0.25) is 0 Å². The smallest absolute Gasteiger partial charge is 0.354 e. The lowest BCUT2D eigenvalue weighted by molar-refractivity contribution is 0.0672. The van der Waals surface area contributed by atoms with E-state index in [-0.39, 0.29) is 23.4 Å². The number of likely N-dealkylation sites (tertiary alicyclic amines) is 1. The van der Waals surface area contributed by atoms with E-state index >= 15 is 0 Å². The first-order valence-electron chi connectivity index (χ1n) is 7.70. The highest BCUT2D eigenvalue weighted by Gasteiger charge is 2.30. The molecule has 0 spiro atoms. The van der Waals surface area contributed by atoms with E-state index in [2.05, 4.69) is 4.98 Å². The van der Waals surface area contributed by atoms with Crippen LogP contribution in [0.1, 0.15) is 40.6 Å². The fourth-order valence-corrected chi connectivity index (χ4v) is 3.77. The number of amides is 1. The van der Waals surface area contributed by atoms with Gasteiger partial charge in [0, 0.05) is 32.4 Å². The molecule has 9 heteroatoms. The van der Waals surface area contributed by atoms with Gasteiger partial charge >= 0.3 is 5.97 Å². The number of nitrogens with zero attached hydrogens (tertiary/aromatic N) is 3. The van der Waals surface area contributed by atoms with E-state index in [9.17, 15) is 18.0 Å². The maximum atomic E-state index is 12.4. The number of piperidine rings is 1. The summed E-state index contributed by atoms with van der Waals surface area (Å²) < 4.78 is 25.2. The number of carboxylic acid groups (broad SMARTS) is 1. The molecule has 0 aliphatic carbocycles. The summed E-state index contributed by atoms with van der Waals surface area (Å²) in [7, 11) is -1.66. The van der Waals surface area contributed by atoms with E-state index < -0.39 is 16.0 Å². The van der Waals surface area contributed by atoms with Gasteiger partial charge in [0.1, 0.15) is 5.69 Å². The van der Waals surface area contributed by atoms with Crippen LogP contribution < -0.4 is 0 Å². The molecule has 1 amide bonds. The van der Waals surface area contributed by atoms with Gasteiger partial charge in [-0.2, -0.15) is 0 Å². The van der Waals surface area contributed by atoms with Crippen LogP contribution in [0.5, 0.6) is 0 Å². The van der Waals surface area contributed by atoms with E-state index in [0.29, 0.717) is 31.5 Å². The normalized spacial score (nSPS) is 16.4. The Hall–Kier alpha value is -2.00. The third kappa shape index (κ3) is 3.90. The lowest BCUT2D eigenvalue weighted by Crippen LogP contribution is -2.47. The topological polar surface area (TPSA) is 108 Å². The molecule has 1 saturated heterocycles. The predicted octanol–water partition coefficient (Wildman–Crippen LogP) is 0.666. The van der Waals surface area contributed by atoms with E-state index in [4.69, 9.17) is 5.11 Å². The summed E-state index contributed by atoms with van der Waals surface area (Å²) in [5.41, 5.74) is 0.213. The van der Waals surface area contributed by atoms with Gasteiger partial charge in [0.15, 0.2) is 0 Å². The molecule has 24 heavy (non-hydrogen) atoms. The Morgan fingerprint density at radius 2 is 1.96 bits per heavy atom. The molecule has 1 aromatic rings. The third-order valence-corrected chi connectivity index (χ3v) is 6.20. The van der Waals surface area contributed by atoms with E-state index in [1.165, 1.54) is 22.6 Å². The summed E-state index contributed by atoms with van der Waals surface area (Å²) in [6.45, 7) is 2.51. The Balaban J connectivity index is 1.99. The van der Waals surface area contributed by atoms with Crippen molar-refractivity contribution in [2.45, 2.75) is 25.8 Å². The van der Waals surface area contributed by atoms with Crippen molar-refractivity contribution in [3.63, 3.8) is 0 Å². The van der Waals surface area contributed by atoms with Crippen molar-refractivity contribution in [3.05, 3.63) is 29.6 Å². The standard InChI is InChI=1S/C15H21N3O5S/c1-3-24(22,23)17(2)12-6-8-18(9-7-12)14(19)11-4-5-13(15(20)21)16-10-11/h4-5,10,12H,3,6-9H2,1-2H3,(H,20,21). The van der Waals surface area contributed by atoms with Crippen LogP contribution in [0, 0.1) is 0 Å². The first-order chi connectivity index (χ1) is 11.3. The third-order valence-electron chi connectivity index (χ3n) is 4.30. The van der Waals surface area contributed by atoms with Crippen molar-refractivity contribution in [1.29, 1.82) is 0 Å². The summed E-state index contributed by atoms with van der Waals surface area (Å²) in [5.74, 6) is -1.31. The van der Waals surface area contributed by atoms with Crippen molar-refractivity contribution in [3.8, 4) is 0 Å². The molecule has 0 radical (unpaired) electrons. The summed E-state index contributed by atoms with van der Waals surface area (Å²) >= 11 is 0. The molecule has 132 valence electrons. The molecular formula is C15H21N3O5S. The molecule has 0 bridgehead atoms. The zero-order valence-electron chi connectivity index (χ0n) is 13.7. The number of carbonyl (C=O) groups excluding carboxylic acids is 1. The monoisotopic (exact) mass is 355 g/mol. The van der Waals surface area contributed by atoms with Gasteiger partial charge in [0.25, 0.3) is 5.91 Å². The van der Waals surface area contributed by atoms with Crippen molar-refractivity contribution in [2.75, 3.05) is 25.9 Å². The first kappa shape index (κ1) is 18.3. The van der Waals surface area contributed by atoms with Gasteiger partial charge in [-0.15, -0.1) is 0 Å². The molecule has 1 aliphatic rings. The van der Waals surface area contributed by atoms with Crippen LogP contribution in [-0.2, 0) is 10.0 Å². The Morgan fingerprint density at radius 3 is 2.42 bits per heavy atom. The molecule has 0 atom stereocenters. The largest absolute Gasteiger partial charge is 0.477 e. The van der Waals surface area contributed by atoms with Gasteiger partial charge < -0.3 is 10.0 Å². The molecule has 1 fully saturated rings. The summed E-state index contributed by atoms with van der Waals surface area (Å²) in [6, 6.07) is 2.63. The van der Waals surface area contributed by atoms with Crippen molar-refractivity contribution in [1.82, 2.24) is 14.2 Å². The minimum Gasteiger partial charge on any atom is -0.477 e. The van der Waals surface area contributed by atoms with Gasteiger partial charge in [0.05, 0.1) is 11.3 Å². The highest BCUT2D eigenvalue weighted by Crippen LogP contribution is 2.19. The minimum atomic E-state index is -3.24. The zero-order valence-corrected chi connectivity index (χ0v) is 14.5. The van der Waals surface area contributed by atoms with Gasteiger partial charge in [-0.1, -0.05) is 0 Å². The number of carboxylic acids is 1. The number of pyridine rings is 1. The predicted molar refractivity (Wildman–Crippen MR) is 87.3 cm³/mol. The van der Waals surface area contributed by atoms with Crippen LogP contribution in [0.25, 0.3) is 0 Å². The maximum absolute atomic E-state index is 12.4. The quantitative estimate of drug-likeness (QED) is 0.831. The molecule has 0 saturated carbocycles. The van der Waals surface area contributed by atoms with Crippen LogP contribution in [0.4, 0.5) is 0 Å². The van der Waals surface area contributed by atoms with Crippen molar-refractivity contribution in [2.24, 2.45) is 0 Å². The summed E-state index contributed by atoms with van der Waals surface area (Å²) in [5, 5.41) is 8.82. The van der Waals surface area contributed by atoms with Crippen molar-refractivity contribution >= 4 is 21.9 Å². The fourth-order valence-electron chi connectivity index (χ4n) is 2.69. The Kier molecular flexibility index (Phi) is 5.55. The molecule has 0 aromatic carbocycles. The molecule has 2 rings (SSSR count). The lowest BCUT2D eigenvalue weighted by atomic mass is 10.0. The summed E-state index contributed by atoms with van der Waals surface area (Å²) in [4.78, 5) is 28.6. The molecule has 1 aromatic heterocycles. The van der Waals surface area contributed by atoms with Gasteiger partial charge in [-0.05, 0) is 31.9 Å². The minimum absolute atomic E-state index is 0.0598. The molecule has 1 N–H and O–H groups in total. The number of aromatic nitrogens is 1. The Labute approximate surface area is 141 Å². The van der Waals surface area contributed by atoms with E-state index in [1.807, 2.05) is 0 Å². The highest BCUT2D eigenvalue weighted by molar-refractivity contribution is 7.89. The van der Waals surface area contributed by atoms with Gasteiger partial charge in [-0.25, -0.2) is 22.5 Å². The van der Waals surface area contributed by atoms with Gasteiger partial charge in [-0.3, -0.25) is 4.79 Å². The number of rotatable bonds is 5. The number of hydrogen-bond donors (Lipinski definition) is 1. The summed E-state index contributed by atoms with van der Waals surface area (Å²) in [6.07, 6.45) is 2.40. The fraction of sp³-hybridized carbons (Fsp3) is 0.533. The van der Waals surface area contributed by atoms with Crippen LogP contribution >= 0.6 is 0 Å². The van der Waals surface area contributed by atoms with Crippen molar-refractivity contribution < 1.29 is 23.1 Å². The number of hydrogen-bond acceptors (Lipinski definition) is 5. The lowest BCUT2D eigenvalue weighted by Gasteiger charge is -2.36. The van der Waals surface area contributed by atoms with E-state index in [1.54, 1.807) is 18.9 Å². The highest BCUT2D eigenvalue weighted by atomic mass is 32.2. The van der Waals surface area contributed by atoms with Crippen LogP contribution in [0.15, 0.2) is 18.3 Å². The van der Waals surface area contributed by atoms with Crippen LogP contribution in [-0.4, -0.2) is 71.5 Å². The number of aromatic carboxylic acids is 1. The first-order valence-corrected chi connectivity index (χ1v) is 9.31. The molecular weight excluding hydrogens is 334 g/mol. The SMILES string of the molecule is CCS(=O)(=O)N(C)C1CCN(C(=O)c2ccc(C(=O)O)nc2)CC1. The average Bonchev–Trinajstić information content (AvgIpc) is 2.60. The second-order valence-electron chi connectivity index (χ2n) is 5.68. The Morgan fingerprint density at radius 1 is 1.33 bits per heavy atom. The molecule has 0 unspecified atom stereocenters. The average molecular weight is 355 g/mol. The number of sulfonamides is 1. The van der Waals surface area contributed by atoms with Gasteiger partial charge in [0.2, 0.25) is 10.0 Å². The molecule has 8 nitrogen and oxygen atoms in total. The molecule has 2 heterocycles. The maximum Gasteiger partial charge on any atom is 0.354 e. The second-order valence-corrected chi connectivity index (χ2v) is 7.99.